The number of hydrogen-bond acceptors (Lipinski definition) is 1. The predicted molar refractivity (Wildman–Crippen MR) is 53.3 cm³/mol. The largest absolute Gasteiger partial charge is 0.303 e. The van der Waals surface area contributed by atoms with Gasteiger partial charge in [0.15, 0.2) is 0 Å². The lowest BCUT2D eigenvalue weighted by Crippen LogP contribution is -2.30. The van der Waals surface area contributed by atoms with Gasteiger partial charge >= 0.3 is 0 Å². The summed E-state index contributed by atoms with van der Waals surface area (Å²) in [4.78, 5) is 10.8. The maximum Gasteiger partial charge on any atom is 0.123 e. The molecule has 13 heavy (non-hydrogen) atoms. The quantitative estimate of drug-likeness (QED) is 0.446. The minimum atomic E-state index is 0.320. The van der Waals surface area contributed by atoms with Gasteiger partial charge in [0.25, 0.3) is 0 Å². The number of fused-ring (bicyclic) bond motifs is 1. The van der Waals surface area contributed by atoms with Crippen molar-refractivity contribution in [3.63, 3.8) is 0 Å². The van der Waals surface area contributed by atoms with Crippen LogP contribution in [-0.2, 0) is 4.79 Å². The van der Waals surface area contributed by atoms with E-state index in [0.29, 0.717) is 17.3 Å². The average Bonchev–Trinajstić information content (AvgIpc) is 2.45. The molecular weight excluding hydrogens is 160 g/mol. The molecule has 4 unspecified atom stereocenters. The highest BCUT2D eigenvalue weighted by Crippen LogP contribution is 2.54. The molecule has 1 heteroatoms. The molecule has 0 spiro atoms. The Bertz CT molecular complexity index is 244. The first-order valence-corrected chi connectivity index (χ1v) is 5.29. The number of rotatable bonds is 1. The zero-order valence-electron chi connectivity index (χ0n) is 8.49. The third-order valence-corrected chi connectivity index (χ3v) is 4.28. The van der Waals surface area contributed by atoms with Crippen molar-refractivity contribution in [2.24, 2.45) is 23.2 Å². The van der Waals surface area contributed by atoms with Crippen LogP contribution in [-0.4, -0.2) is 6.29 Å². The molecule has 0 aromatic rings. The van der Waals surface area contributed by atoms with Crippen molar-refractivity contribution in [3.8, 4) is 0 Å². The maximum absolute atomic E-state index is 10.8. The van der Waals surface area contributed by atoms with Crippen LogP contribution in [0, 0.1) is 23.2 Å². The average molecular weight is 178 g/mol. The molecule has 2 aliphatic carbocycles. The molecule has 0 aliphatic heterocycles. The highest BCUT2D eigenvalue weighted by Gasteiger charge is 2.46. The van der Waals surface area contributed by atoms with Gasteiger partial charge in [-0.25, -0.2) is 0 Å². The maximum atomic E-state index is 10.8. The van der Waals surface area contributed by atoms with E-state index >= 15 is 0 Å². The summed E-state index contributed by atoms with van der Waals surface area (Å²) in [5.74, 6) is 1.72. The molecule has 1 fully saturated rings. The topological polar surface area (TPSA) is 17.1 Å². The molecule has 2 rings (SSSR count). The van der Waals surface area contributed by atoms with E-state index in [0.717, 1.165) is 25.0 Å². The van der Waals surface area contributed by atoms with E-state index < -0.39 is 0 Å². The van der Waals surface area contributed by atoms with Gasteiger partial charge in [0, 0.05) is 5.92 Å². The van der Waals surface area contributed by atoms with Crippen molar-refractivity contribution in [1.29, 1.82) is 0 Å². The van der Waals surface area contributed by atoms with Gasteiger partial charge < -0.3 is 4.79 Å². The van der Waals surface area contributed by atoms with Gasteiger partial charge in [-0.1, -0.05) is 26.0 Å². The van der Waals surface area contributed by atoms with E-state index in [1.807, 2.05) is 0 Å². The van der Waals surface area contributed by atoms with Crippen LogP contribution < -0.4 is 0 Å². The van der Waals surface area contributed by atoms with Crippen molar-refractivity contribution in [1.82, 2.24) is 0 Å². The van der Waals surface area contributed by atoms with Crippen molar-refractivity contribution in [3.05, 3.63) is 12.2 Å². The molecule has 0 aromatic heterocycles. The summed E-state index contributed by atoms with van der Waals surface area (Å²) in [7, 11) is 0. The summed E-state index contributed by atoms with van der Waals surface area (Å²) in [6.45, 7) is 4.68. The van der Waals surface area contributed by atoms with Crippen LogP contribution in [0.3, 0.4) is 0 Å². The summed E-state index contributed by atoms with van der Waals surface area (Å²) in [5.41, 5.74) is 0.403. The summed E-state index contributed by atoms with van der Waals surface area (Å²) in [6, 6.07) is 0. The van der Waals surface area contributed by atoms with Gasteiger partial charge in [0.2, 0.25) is 0 Å². The lowest BCUT2D eigenvalue weighted by atomic mass is 9.66. The van der Waals surface area contributed by atoms with Gasteiger partial charge in [-0.3, -0.25) is 0 Å². The molecule has 72 valence electrons. The minimum Gasteiger partial charge on any atom is -0.303 e. The Morgan fingerprint density at radius 2 is 2.31 bits per heavy atom. The summed E-state index contributed by atoms with van der Waals surface area (Å²) in [5, 5.41) is 0. The SMILES string of the molecule is CC1CC=CC2CC(C=O)CC12C. The van der Waals surface area contributed by atoms with E-state index in [2.05, 4.69) is 26.0 Å². The van der Waals surface area contributed by atoms with Crippen molar-refractivity contribution in [2.45, 2.75) is 33.1 Å². The Hall–Kier alpha value is -0.590. The van der Waals surface area contributed by atoms with Gasteiger partial charge in [0.1, 0.15) is 6.29 Å². The third-order valence-electron chi connectivity index (χ3n) is 4.28. The molecular formula is C12H18O. The van der Waals surface area contributed by atoms with Crippen molar-refractivity contribution >= 4 is 6.29 Å². The predicted octanol–water partition coefficient (Wildman–Crippen LogP) is 2.81. The smallest absolute Gasteiger partial charge is 0.123 e. The first-order valence-electron chi connectivity index (χ1n) is 5.29. The second-order valence-electron chi connectivity index (χ2n) is 5.01. The zero-order valence-corrected chi connectivity index (χ0v) is 8.49. The van der Waals surface area contributed by atoms with Gasteiger partial charge in [0.05, 0.1) is 0 Å². The second kappa shape index (κ2) is 2.97. The van der Waals surface area contributed by atoms with Crippen molar-refractivity contribution in [2.75, 3.05) is 0 Å². The molecule has 2 aliphatic rings. The summed E-state index contributed by atoms with van der Waals surface area (Å²) < 4.78 is 0. The molecule has 0 amide bonds. The van der Waals surface area contributed by atoms with E-state index in [9.17, 15) is 4.79 Å². The Balaban J connectivity index is 2.25. The van der Waals surface area contributed by atoms with Crippen LogP contribution in [0.1, 0.15) is 33.1 Å². The first-order chi connectivity index (χ1) is 6.16. The highest BCUT2D eigenvalue weighted by molar-refractivity contribution is 5.54. The van der Waals surface area contributed by atoms with Gasteiger partial charge in [-0.15, -0.1) is 0 Å². The van der Waals surface area contributed by atoms with Crippen LogP contribution in [0.5, 0.6) is 0 Å². The van der Waals surface area contributed by atoms with Gasteiger partial charge in [-0.2, -0.15) is 0 Å². The van der Waals surface area contributed by atoms with Crippen LogP contribution in [0.4, 0.5) is 0 Å². The first kappa shape index (κ1) is 8.98. The Labute approximate surface area is 80.2 Å². The molecule has 0 radical (unpaired) electrons. The number of carbonyl (C=O) groups is 1. The molecule has 0 aromatic carbocycles. The Morgan fingerprint density at radius 3 is 2.92 bits per heavy atom. The lowest BCUT2D eigenvalue weighted by Gasteiger charge is -2.38. The van der Waals surface area contributed by atoms with Crippen molar-refractivity contribution < 1.29 is 4.79 Å². The van der Waals surface area contributed by atoms with Gasteiger partial charge in [-0.05, 0) is 36.5 Å². The van der Waals surface area contributed by atoms with Crippen LogP contribution >= 0.6 is 0 Å². The molecule has 0 bridgehead atoms. The van der Waals surface area contributed by atoms with E-state index in [-0.39, 0.29) is 0 Å². The number of hydrogen-bond donors (Lipinski definition) is 0. The fourth-order valence-corrected chi connectivity index (χ4v) is 3.08. The lowest BCUT2D eigenvalue weighted by molar-refractivity contribution is -0.111. The van der Waals surface area contributed by atoms with Crippen LogP contribution in [0.2, 0.25) is 0 Å². The number of carbonyl (C=O) groups excluding carboxylic acids is 1. The summed E-state index contributed by atoms with van der Waals surface area (Å²) in [6.07, 6.45) is 9.17. The summed E-state index contributed by atoms with van der Waals surface area (Å²) >= 11 is 0. The van der Waals surface area contributed by atoms with Crippen LogP contribution in [0.25, 0.3) is 0 Å². The fourth-order valence-electron chi connectivity index (χ4n) is 3.08. The normalized spacial score (nSPS) is 48.9. The molecule has 0 heterocycles. The number of allylic oxidation sites excluding steroid dienone is 2. The fraction of sp³-hybridized carbons (Fsp3) is 0.750. The van der Waals surface area contributed by atoms with E-state index in [4.69, 9.17) is 0 Å². The molecule has 1 saturated carbocycles. The second-order valence-corrected chi connectivity index (χ2v) is 5.01. The molecule has 1 nitrogen and oxygen atoms in total. The van der Waals surface area contributed by atoms with E-state index in [1.54, 1.807) is 0 Å². The molecule has 0 N–H and O–H groups in total. The molecule has 0 saturated heterocycles. The standard InChI is InChI=1S/C12H18O/c1-9-4-3-5-11-6-10(8-13)7-12(9,11)2/h3,5,8-11H,4,6-7H2,1-2H3. The minimum absolute atomic E-state index is 0.320. The molecule has 4 atom stereocenters. The third kappa shape index (κ3) is 1.25. The monoisotopic (exact) mass is 178 g/mol. The van der Waals surface area contributed by atoms with Crippen LogP contribution in [0.15, 0.2) is 12.2 Å². The Morgan fingerprint density at radius 1 is 1.54 bits per heavy atom. The Kier molecular flexibility index (Phi) is 2.05. The highest BCUT2D eigenvalue weighted by atomic mass is 16.1. The zero-order chi connectivity index (χ0) is 9.47. The number of aldehydes is 1. The van der Waals surface area contributed by atoms with E-state index in [1.165, 1.54) is 6.42 Å².